The number of rotatable bonds is 4. The summed E-state index contributed by atoms with van der Waals surface area (Å²) in [6.45, 7) is 0.270. The zero-order valence-electron chi connectivity index (χ0n) is 13.9. The van der Waals surface area contributed by atoms with Crippen molar-refractivity contribution in [1.82, 2.24) is 9.29 Å². The summed E-state index contributed by atoms with van der Waals surface area (Å²) in [6.07, 6.45) is 4.06. The Bertz CT molecular complexity index is 919. The van der Waals surface area contributed by atoms with Crippen molar-refractivity contribution in [2.75, 3.05) is 11.9 Å². The number of aryl methyl sites for hydroxylation is 2. The third-order valence-corrected chi connectivity index (χ3v) is 7.75. The van der Waals surface area contributed by atoms with E-state index in [2.05, 4.69) is 10.3 Å². The van der Waals surface area contributed by atoms with E-state index in [9.17, 15) is 17.6 Å². The van der Waals surface area contributed by atoms with E-state index in [0.29, 0.717) is 18.0 Å². The molecule has 1 amide bonds. The molecule has 138 valence electrons. The molecular formula is C17H18FN3O3S2. The van der Waals surface area contributed by atoms with E-state index in [1.807, 2.05) is 0 Å². The first-order valence-corrected chi connectivity index (χ1v) is 10.8. The summed E-state index contributed by atoms with van der Waals surface area (Å²) >= 11 is 1.46. The van der Waals surface area contributed by atoms with E-state index < -0.39 is 21.9 Å². The molecule has 0 spiro atoms. The number of carbonyl (C=O) groups excluding carboxylic acids is 1. The van der Waals surface area contributed by atoms with E-state index in [1.165, 1.54) is 32.7 Å². The van der Waals surface area contributed by atoms with Gasteiger partial charge in [-0.05, 0) is 56.4 Å². The molecule has 1 aliphatic heterocycles. The van der Waals surface area contributed by atoms with Crippen molar-refractivity contribution in [1.29, 1.82) is 0 Å². The van der Waals surface area contributed by atoms with Gasteiger partial charge in [-0.25, -0.2) is 17.8 Å². The van der Waals surface area contributed by atoms with Crippen molar-refractivity contribution in [3.8, 4) is 0 Å². The summed E-state index contributed by atoms with van der Waals surface area (Å²) < 4.78 is 40.0. The Hall–Kier alpha value is -1.84. The van der Waals surface area contributed by atoms with E-state index >= 15 is 0 Å². The number of halogens is 1. The molecule has 1 atom stereocenters. The Kier molecular flexibility index (Phi) is 4.54. The lowest BCUT2D eigenvalue weighted by Crippen LogP contribution is -2.43. The molecule has 1 saturated heterocycles. The molecule has 6 nitrogen and oxygen atoms in total. The van der Waals surface area contributed by atoms with Gasteiger partial charge in [-0.3, -0.25) is 4.79 Å². The highest BCUT2D eigenvalue weighted by molar-refractivity contribution is 7.89. The monoisotopic (exact) mass is 395 g/mol. The Morgan fingerprint density at radius 1 is 1.23 bits per heavy atom. The van der Waals surface area contributed by atoms with Crippen molar-refractivity contribution < 1.29 is 17.6 Å². The molecule has 2 aliphatic rings. The van der Waals surface area contributed by atoms with Gasteiger partial charge in [0.15, 0.2) is 5.13 Å². The average molecular weight is 395 g/mol. The molecule has 4 rings (SSSR count). The first-order chi connectivity index (χ1) is 12.4. The van der Waals surface area contributed by atoms with Crippen molar-refractivity contribution in [2.24, 2.45) is 0 Å². The van der Waals surface area contributed by atoms with Crippen LogP contribution in [-0.2, 0) is 27.7 Å². The highest BCUT2D eigenvalue weighted by Crippen LogP contribution is 2.32. The Labute approximate surface area is 155 Å². The number of aromatic nitrogens is 1. The molecule has 2 heterocycles. The van der Waals surface area contributed by atoms with Crippen LogP contribution in [0.5, 0.6) is 0 Å². The van der Waals surface area contributed by atoms with Gasteiger partial charge in [0.1, 0.15) is 11.9 Å². The number of thiazole rings is 1. The molecular weight excluding hydrogens is 377 g/mol. The quantitative estimate of drug-likeness (QED) is 0.863. The predicted molar refractivity (Wildman–Crippen MR) is 96.1 cm³/mol. The van der Waals surface area contributed by atoms with Crippen LogP contribution < -0.4 is 5.32 Å². The number of sulfonamides is 1. The van der Waals surface area contributed by atoms with Crippen LogP contribution in [0.3, 0.4) is 0 Å². The maximum atomic E-state index is 13.1. The smallest absolute Gasteiger partial charge is 0.244 e. The van der Waals surface area contributed by atoms with Gasteiger partial charge in [0.25, 0.3) is 0 Å². The van der Waals surface area contributed by atoms with Crippen LogP contribution in [-0.4, -0.2) is 36.2 Å². The molecule has 1 aromatic heterocycles. The van der Waals surface area contributed by atoms with Crippen LogP contribution in [0.2, 0.25) is 0 Å². The van der Waals surface area contributed by atoms with E-state index in [-0.39, 0.29) is 17.3 Å². The molecule has 1 aliphatic carbocycles. The Morgan fingerprint density at radius 3 is 2.73 bits per heavy atom. The number of benzene rings is 1. The Morgan fingerprint density at radius 2 is 2.00 bits per heavy atom. The summed E-state index contributed by atoms with van der Waals surface area (Å²) in [5.74, 6) is -0.864. The highest BCUT2D eigenvalue weighted by Gasteiger charge is 2.39. The summed E-state index contributed by atoms with van der Waals surface area (Å²) in [5.41, 5.74) is 1.03. The van der Waals surface area contributed by atoms with Gasteiger partial charge in [0.2, 0.25) is 15.9 Å². The van der Waals surface area contributed by atoms with Crippen LogP contribution in [0.1, 0.15) is 29.8 Å². The summed E-state index contributed by atoms with van der Waals surface area (Å²) in [7, 11) is -3.85. The lowest BCUT2D eigenvalue weighted by Gasteiger charge is -2.23. The summed E-state index contributed by atoms with van der Waals surface area (Å²) in [6, 6.07) is 3.89. The zero-order valence-corrected chi connectivity index (χ0v) is 15.6. The van der Waals surface area contributed by atoms with Gasteiger partial charge in [-0.15, -0.1) is 11.3 Å². The maximum Gasteiger partial charge on any atom is 0.244 e. The zero-order chi connectivity index (χ0) is 18.3. The molecule has 0 saturated carbocycles. The van der Waals surface area contributed by atoms with Gasteiger partial charge in [0.05, 0.1) is 10.6 Å². The van der Waals surface area contributed by atoms with Crippen LogP contribution in [0.25, 0.3) is 0 Å². The van der Waals surface area contributed by atoms with Gasteiger partial charge in [-0.2, -0.15) is 4.31 Å². The summed E-state index contributed by atoms with van der Waals surface area (Å²) in [4.78, 5) is 18.3. The first kappa shape index (κ1) is 17.6. The SMILES string of the molecule is O=C(Nc1nc2c(s1)CCC2)C1CCCN1S(=O)(=O)c1ccc(F)cc1. The third kappa shape index (κ3) is 3.15. The average Bonchev–Trinajstić information content (AvgIpc) is 3.30. The molecule has 26 heavy (non-hydrogen) atoms. The van der Waals surface area contributed by atoms with Crippen molar-refractivity contribution in [3.63, 3.8) is 0 Å². The normalized spacial score (nSPS) is 20.3. The topological polar surface area (TPSA) is 79.4 Å². The molecule has 2 aromatic rings. The number of hydrogen-bond donors (Lipinski definition) is 1. The third-order valence-electron chi connectivity index (χ3n) is 4.75. The number of amides is 1. The predicted octanol–water partition coefficient (Wildman–Crippen LogP) is 2.56. The van der Waals surface area contributed by atoms with E-state index in [0.717, 1.165) is 37.1 Å². The number of carbonyl (C=O) groups is 1. The van der Waals surface area contributed by atoms with Crippen LogP contribution in [0.4, 0.5) is 9.52 Å². The fourth-order valence-electron chi connectivity index (χ4n) is 3.46. The highest BCUT2D eigenvalue weighted by atomic mass is 32.2. The fraction of sp³-hybridized carbons (Fsp3) is 0.412. The standard InChI is InChI=1S/C17H18FN3O3S2/c18-11-6-8-12(9-7-11)26(23,24)21-10-2-4-14(21)16(22)20-17-19-13-3-1-5-15(13)25-17/h6-9,14H,1-5,10H2,(H,19,20,22). The molecule has 1 N–H and O–H groups in total. The number of fused-ring (bicyclic) bond motifs is 1. The van der Waals surface area contributed by atoms with Gasteiger partial charge in [0, 0.05) is 11.4 Å². The lowest BCUT2D eigenvalue weighted by molar-refractivity contribution is -0.119. The van der Waals surface area contributed by atoms with Crippen LogP contribution >= 0.6 is 11.3 Å². The summed E-state index contributed by atoms with van der Waals surface area (Å²) in [5, 5.41) is 3.31. The van der Waals surface area contributed by atoms with Crippen molar-refractivity contribution in [3.05, 3.63) is 40.7 Å². The molecule has 0 radical (unpaired) electrons. The van der Waals surface area contributed by atoms with E-state index in [4.69, 9.17) is 0 Å². The molecule has 9 heteroatoms. The molecule has 1 fully saturated rings. The molecule has 1 unspecified atom stereocenters. The Balaban J connectivity index is 1.53. The van der Waals surface area contributed by atoms with Gasteiger partial charge < -0.3 is 5.32 Å². The van der Waals surface area contributed by atoms with Crippen LogP contribution in [0.15, 0.2) is 29.2 Å². The minimum Gasteiger partial charge on any atom is -0.301 e. The number of anilines is 1. The van der Waals surface area contributed by atoms with Crippen molar-refractivity contribution >= 4 is 32.4 Å². The maximum absolute atomic E-state index is 13.1. The fourth-order valence-corrected chi connectivity index (χ4v) is 6.17. The van der Waals surface area contributed by atoms with E-state index in [1.54, 1.807) is 0 Å². The minimum absolute atomic E-state index is 0.00757. The number of hydrogen-bond acceptors (Lipinski definition) is 5. The second-order valence-corrected chi connectivity index (χ2v) is 9.43. The lowest BCUT2D eigenvalue weighted by atomic mass is 10.2. The number of nitrogens with zero attached hydrogens (tertiary/aromatic N) is 2. The molecule has 0 bridgehead atoms. The number of nitrogens with one attached hydrogen (secondary N) is 1. The first-order valence-electron chi connectivity index (χ1n) is 8.52. The van der Waals surface area contributed by atoms with Crippen LogP contribution in [0, 0.1) is 5.82 Å². The second kappa shape index (κ2) is 6.71. The van der Waals surface area contributed by atoms with Gasteiger partial charge >= 0.3 is 0 Å². The molecule has 1 aromatic carbocycles. The van der Waals surface area contributed by atoms with Crippen molar-refractivity contribution in [2.45, 2.75) is 43.0 Å². The largest absolute Gasteiger partial charge is 0.301 e. The van der Waals surface area contributed by atoms with Gasteiger partial charge in [-0.1, -0.05) is 0 Å². The second-order valence-electron chi connectivity index (χ2n) is 6.46. The minimum atomic E-state index is -3.85.